The molecule has 1 aromatic carbocycles. The molecule has 1 aliphatic rings. The number of methoxy groups -OCH3 is 1. The fraction of sp³-hybridized carbons (Fsp3) is 0.444. The summed E-state index contributed by atoms with van der Waals surface area (Å²) in [6, 6.07) is 7.90. The average Bonchev–Trinajstić information content (AvgIpc) is 2.59. The van der Waals surface area contributed by atoms with Crippen molar-refractivity contribution >= 4 is 17.1 Å². The summed E-state index contributed by atoms with van der Waals surface area (Å²) in [6.07, 6.45) is -5.60. The Morgan fingerprint density at radius 2 is 2.00 bits per heavy atom. The smallest absolute Gasteiger partial charge is 0.404 e. The summed E-state index contributed by atoms with van der Waals surface area (Å²) in [6.45, 7) is 3.40. The van der Waals surface area contributed by atoms with Gasteiger partial charge >= 0.3 is 11.7 Å². The minimum atomic E-state index is -1.40. The summed E-state index contributed by atoms with van der Waals surface area (Å²) in [4.78, 5) is 22.8. The zero-order valence-corrected chi connectivity index (χ0v) is 15.1. The number of carbonyl (C=O) groups is 1. The van der Waals surface area contributed by atoms with Crippen LogP contribution in [-0.4, -0.2) is 48.5 Å². The van der Waals surface area contributed by atoms with Crippen LogP contribution in [0.25, 0.3) is 11.0 Å². The SMILES string of the molecule is COC1C(OC(N)=O)[C@H](O)C(Oc2cccc3ccc(=O)oc23)OC1(C)C. The molecule has 1 aliphatic heterocycles. The van der Waals surface area contributed by atoms with Crippen LogP contribution in [0.15, 0.2) is 39.5 Å². The van der Waals surface area contributed by atoms with Crippen LogP contribution in [0.4, 0.5) is 4.79 Å². The molecule has 9 nitrogen and oxygen atoms in total. The van der Waals surface area contributed by atoms with Crippen LogP contribution in [0.3, 0.4) is 0 Å². The minimum absolute atomic E-state index is 0.193. The lowest BCUT2D eigenvalue weighted by atomic mass is 9.89. The van der Waals surface area contributed by atoms with Gasteiger partial charge in [0.2, 0.25) is 6.29 Å². The number of rotatable bonds is 4. The van der Waals surface area contributed by atoms with Gasteiger partial charge in [-0.3, -0.25) is 0 Å². The minimum Gasteiger partial charge on any atom is -0.458 e. The number of hydrogen-bond acceptors (Lipinski definition) is 8. The largest absolute Gasteiger partial charge is 0.458 e. The Morgan fingerprint density at radius 3 is 2.67 bits per heavy atom. The molecule has 9 heteroatoms. The van der Waals surface area contributed by atoms with Gasteiger partial charge in [0.1, 0.15) is 6.10 Å². The van der Waals surface area contributed by atoms with E-state index in [2.05, 4.69) is 0 Å². The van der Waals surface area contributed by atoms with Crippen LogP contribution in [-0.2, 0) is 14.2 Å². The second-order valence-electron chi connectivity index (χ2n) is 6.68. The molecule has 0 bridgehead atoms. The van der Waals surface area contributed by atoms with Crippen LogP contribution >= 0.6 is 0 Å². The normalized spacial score (nSPS) is 27.3. The first-order valence-corrected chi connectivity index (χ1v) is 8.27. The highest BCUT2D eigenvalue weighted by molar-refractivity contribution is 5.82. The van der Waals surface area contributed by atoms with Crippen molar-refractivity contribution in [3.05, 3.63) is 40.8 Å². The lowest BCUT2D eigenvalue weighted by Crippen LogP contribution is -2.65. The molecule has 1 aromatic heterocycles. The average molecular weight is 379 g/mol. The molecule has 3 N–H and O–H groups in total. The molecule has 2 heterocycles. The number of primary amides is 1. The van der Waals surface area contributed by atoms with Crippen LogP contribution in [0.1, 0.15) is 13.8 Å². The fourth-order valence-corrected chi connectivity index (χ4v) is 3.23. The van der Waals surface area contributed by atoms with E-state index in [4.69, 9.17) is 29.1 Å². The standard InChI is InChI=1S/C18H21NO8/c1-18(2)15(23-3)14(26-17(19)22)12(21)16(27-18)24-10-6-4-5-9-7-8-11(20)25-13(9)10/h4-8,12,14-16,21H,1-3H3,(H2,19,22)/t12-,14?,15?,16?/m0/s1. The van der Waals surface area contributed by atoms with E-state index < -0.39 is 41.9 Å². The van der Waals surface area contributed by atoms with Crippen LogP contribution in [0, 0.1) is 0 Å². The van der Waals surface area contributed by atoms with Crippen molar-refractivity contribution in [2.24, 2.45) is 5.73 Å². The Hall–Kier alpha value is -2.62. The lowest BCUT2D eigenvalue weighted by Gasteiger charge is -2.47. The number of aliphatic hydroxyl groups is 1. The summed E-state index contributed by atoms with van der Waals surface area (Å²) >= 11 is 0. The van der Waals surface area contributed by atoms with Crippen molar-refractivity contribution in [1.29, 1.82) is 0 Å². The molecule has 3 unspecified atom stereocenters. The van der Waals surface area contributed by atoms with Gasteiger partial charge in [-0.05, 0) is 26.0 Å². The number of carbonyl (C=O) groups excluding carboxylic acids is 1. The van der Waals surface area contributed by atoms with Gasteiger partial charge in [-0.25, -0.2) is 9.59 Å². The molecule has 0 radical (unpaired) electrons. The number of fused-ring (bicyclic) bond motifs is 1. The third-order valence-corrected chi connectivity index (χ3v) is 4.38. The second-order valence-corrected chi connectivity index (χ2v) is 6.68. The van der Waals surface area contributed by atoms with Crippen LogP contribution < -0.4 is 16.1 Å². The zero-order chi connectivity index (χ0) is 19.8. The molecular weight excluding hydrogens is 358 g/mol. The monoisotopic (exact) mass is 379 g/mol. The molecule has 2 aromatic rings. The van der Waals surface area contributed by atoms with Crippen molar-refractivity contribution < 1.29 is 33.3 Å². The maximum Gasteiger partial charge on any atom is 0.404 e. The predicted molar refractivity (Wildman–Crippen MR) is 93.3 cm³/mol. The number of ether oxygens (including phenoxy) is 4. The van der Waals surface area contributed by atoms with Gasteiger partial charge in [0.05, 0.1) is 5.60 Å². The Bertz CT molecular complexity index is 892. The van der Waals surface area contributed by atoms with E-state index >= 15 is 0 Å². The highest BCUT2D eigenvalue weighted by Crippen LogP contribution is 2.35. The third kappa shape index (κ3) is 3.75. The molecule has 27 heavy (non-hydrogen) atoms. The second kappa shape index (κ2) is 7.18. The summed E-state index contributed by atoms with van der Waals surface area (Å²) in [5.74, 6) is 0.193. The van der Waals surface area contributed by atoms with E-state index in [-0.39, 0.29) is 11.3 Å². The Balaban J connectivity index is 1.96. The van der Waals surface area contributed by atoms with Crippen molar-refractivity contribution in [3.8, 4) is 5.75 Å². The van der Waals surface area contributed by atoms with Gasteiger partial charge in [-0.15, -0.1) is 0 Å². The van der Waals surface area contributed by atoms with Crippen LogP contribution in [0.2, 0.25) is 0 Å². The number of benzene rings is 1. The number of hydrogen-bond donors (Lipinski definition) is 2. The predicted octanol–water partition coefficient (Wildman–Crippen LogP) is 1.15. The van der Waals surface area contributed by atoms with E-state index in [1.165, 1.54) is 13.2 Å². The number of nitrogens with two attached hydrogens (primary N) is 1. The Morgan fingerprint density at radius 1 is 1.26 bits per heavy atom. The third-order valence-electron chi connectivity index (χ3n) is 4.38. The van der Waals surface area contributed by atoms with Crippen molar-refractivity contribution in [2.75, 3.05) is 7.11 Å². The van der Waals surface area contributed by atoms with Gasteiger partial charge in [0, 0.05) is 18.6 Å². The molecule has 1 fully saturated rings. The van der Waals surface area contributed by atoms with E-state index in [0.29, 0.717) is 5.39 Å². The van der Waals surface area contributed by atoms with E-state index in [0.717, 1.165) is 0 Å². The van der Waals surface area contributed by atoms with Gasteiger partial charge in [0.15, 0.2) is 23.5 Å². The Kier molecular flexibility index (Phi) is 5.09. The maximum atomic E-state index is 11.6. The molecule has 0 spiro atoms. The summed E-state index contributed by atoms with van der Waals surface area (Å²) in [5, 5.41) is 11.3. The van der Waals surface area contributed by atoms with Crippen molar-refractivity contribution in [2.45, 2.75) is 44.1 Å². The quantitative estimate of drug-likeness (QED) is 0.757. The first-order chi connectivity index (χ1) is 12.7. The van der Waals surface area contributed by atoms with Crippen molar-refractivity contribution in [3.63, 3.8) is 0 Å². The molecular formula is C18H21NO8. The van der Waals surface area contributed by atoms with E-state index in [9.17, 15) is 14.7 Å². The summed E-state index contributed by atoms with van der Waals surface area (Å²) < 4.78 is 27.2. The molecule has 3 rings (SSSR count). The van der Waals surface area contributed by atoms with E-state index in [1.54, 1.807) is 38.1 Å². The zero-order valence-electron chi connectivity index (χ0n) is 15.1. The molecule has 0 saturated carbocycles. The lowest BCUT2D eigenvalue weighted by molar-refractivity contribution is -0.304. The van der Waals surface area contributed by atoms with Gasteiger partial charge in [0.25, 0.3) is 0 Å². The molecule has 1 saturated heterocycles. The molecule has 4 atom stereocenters. The van der Waals surface area contributed by atoms with Gasteiger partial charge in [-0.1, -0.05) is 12.1 Å². The highest BCUT2D eigenvalue weighted by atomic mass is 16.7. The topological polar surface area (TPSA) is 130 Å². The van der Waals surface area contributed by atoms with Crippen molar-refractivity contribution in [1.82, 2.24) is 0 Å². The first-order valence-electron chi connectivity index (χ1n) is 8.27. The summed E-state index contributed by atoms with van der Waals surface area (Å²) in [5.41, 5.74) is 3.80. The first kappa shape index (κ1) is 19.2. The highest BCUT2D eigenvalue weighted by Gasteiger charge is 2.53. The fourth-order valence-electron chi connectivity index (χ4n) is 3.23. The molecule has 0 aliphatic carbocycles. The maximum absolute atomic E-state index is 11.6. The number of para-hydroxylation sites is 1. The van der Waals surface area contributed by atoms with Crippen LogP contribution in [0.5, 0.6) is 5.75 Å². The number of amides is 1. The van der Waals surface area contributed by atoms with Gasteiger partial charge in [-0.2, -0.15) is 0 Å². The molecule has 146 valence electrons. The van der Waals surface area contributed by atoms with E-state index in [1.807, 2.05) is 0 Å². The summed E-state index contributed by atoms with van der Waals surface area (Å²) in [7, 11) is 1.40. The number of aliphatic hydroxyl groups excluding tert-OH is 1. The Labute approximate surface area is 154 Å². The molecule has 1 amide bonds. The van der Waals surface area contributed by atoms with Gasteiger partial charge < -0.3 is 34.2 Å².